The third-order valence-corrected chi connectivity index (χ3v) is 11.9. The topological polar surface area (TPSA) is 139 Å². The average Bonchev–Trinajstić information content (AvgIpc) is 3.35. The molecule has 0 saturated carbocycles. The van der Waals surface area contributed by atoms with Gasteiger partial charge in [-0.2, -0.15) is 18.4 Å². The molecule has 2 aromatic carbocycles. The van der Waals surface area contributed by atoms with Crippen molar-refractivity contribution in [2.75, 3.05) is 42.6 Å². The number of hydrogen-bond donors (Lipinski definition) is 1. The number of piperidine rings is 1. The van der Waals surface area contributed by atoms with E-state index in [9.17, 15) is 37.6 Å². The van der Waals surface area contributed by atoms with Crippen molar-refractivity contribution in [2.24, 2.45) is 5.92 Å². The number of carbonyl (C=O) groups excluding carboxylic acids is 4. The Morgan fingerprint density at radius 3 is 2.42 bits per heavy atom. The van der Waals surface area contributed by atoms with Crippen LogP contribution in [-0.2, 0) is 38.2 Å². The molecule has 3 amide bonds. The van der Waals surface area contributed by atoms with E-state index in [0.29, 0.717) is 63.4 Å². The lowest BCUT2D eigenvalue weighted by atomic mass is 9.90. The molecule has 3 aliphatic heterocycles. The summed E-state index contributed by atoms with van der Waals surface area (Å²) in [4.78, 5) is 61.7. The number of imide groups is 1. The molecule has 0 bridgehead atoms. The smallest absolute Gasteiger partial charge is 0.419 e. The second kappa shape index (κ2) is 17.8. The van der Waals surface area contributed by atoms with Gasteiger partial charge in [0.25, 0.3) is 5.91 Å². The zero-order chi connectivity index (χ0) is 43.7. The molecule has 12 nitrogen and oxygen atoms in total. The second-order valence-electron chi connectivity index (χ2n) is 16.8. The molecule has 0 spiro atoms. The Labute approximate surface area is 353 Å². The summed E-state index contributed by atoms with van der Waals surface area (Å²) in [5, 5.41) is 11.6. The number of thiocarbonyl (C=S) groups is 1. The van der Waals surface area contributed by atoms with Gasteiger partial charge in [-0.1, -0.05) is 38.1 Å². The molecule has 3 fully saturated rings. The van der Waals surface area contributed by atoms with Gasteiger partial charge in [0.15, 0.2) is 16.6 Å². The summed E-state index contributed by atoms with van der Waals surface area (Å²) < 4.78 is 47.7. The Kier molecular flexibility index (Phi) is 13.1. The lowest BCUT2D eigenvalue weighted by Gasteiger charge is -2.43. The molecule has 318 valence electrons. The Hall–Kier alpha value is -5.24. The fourth-order valence-corrected chi connectivity index (χ4v) is 8.79. The van der Waals surface area contributed by atoms with Crippen LogP contribution in [0.1, 0.15) is 88.2 Å². The van der Waals surface area contributed by atoms with Crippen molar-refractivity contribution in [1.29, 1.82) is 5.26 Å². The van der Waals surface area contributed by atoms with Crippen LogP contribution in [0.4, 0.5) is 24.5 Å². The van der Waals surface area contributed by atoms with Gasteiger partial charge in [0.05, 0.1) is 24.0 Å². The van der Waals surface area contributed by atoms with Crippen LogP contribution in [0.2, 0.25) is 0 Å². The van der Waals surface area contributed by atoms with Gasteiger partial charge >= 0.3 is 6.18 Å². The number of nitrogens with zero attached hydrogens (tertiary/aromatic N) is 6. The zero-order valence-corrected chi connectivity index (χ0v) is 35.5. The highest BCUT2D eigenvalue weighted by atomic mass is 32.1. The average molecular weight is 846 g/mol. The molecule has 4 heterocycles. The molecule has 3 aliphatic rings. The number of alkyl halides is 3. The number of anilines is 2. The molecule has 1 unspecified atom stereocenters. The van der Waals surface area contributed by atoms with Gasteiger partial charge < -0.3 is 9.64 Å². The standard InChI is InChI=1S/C44H50F3N7O5S/c1-26(2)35-19-32(54-42(60)53(41(58)43(54,5)6)33-20-36(44(45,46)47)37(21-48)49-22-33)11-12-38(35)59-15-14-51-23-28(4)52(24-27(51)3)25-34(55)18-30-9-7-8-29(16-30)17-31-10-13-39(56)50-40(31)57/h7-9,11-12,16,19-20,22,26-28,31H,10,13-15,17-18,23-25H2,1-6H3,(H,50,56,57)/t27-,28-,31?/m1/s1. The van der Waals surface area contributed by atoms with E-state index in [1.54, 1.807) is 24.8 Å². The number of halogens is 3. The molecule has 0 radical (unpaired) electrons. The Bertz CT molecular complexity index is 2220. The van der Waals surface area contributed by atoms with Crippen molar-refractivity contribution in [3.8, 4) is 11.8 Å². The number of ketones is 1. The van der Waals surface area contributed by atoms with E-state index in [1.807, 2.05) is 50.2 Å². The van der Waals surface area contributed by atoms with Crippen LogP contribution in [0, 0.1) is 17.2 Å². The molecule has 3 saturated heterocycles. The third-order valence-electron chi connectivity index (χ3n) is 11.6. The van der Waals surface area contributed by atoms with E-state index < -0.39 is 28.9 Å². The van der Waals surface area contributed by atoms with Crippen molar-refractivity contribution in [1.82, 2.24) is 20.1 Å². The van der Waals surface area contributed by atoms with Gasteiger partial charge in [0.1, 0.15) is 24.0 Å². The SMILES string of the molecule is CC(C)c1cc(N2C(=S)N(c3cnc(C#N)c(C(F)(F)F)c3)C(=O)C2(C)C)ccc1OCCN1C[C@@H](C)N(CC(=O)Cc2cccc(CC3CCC(=O)NC3=O)c2)C[C@H]1C. The minimum atomic E-state index is -4.86. The van der Waals surface area contributed by atoms with Gasteiger partial charge in [0, 0.05) is 56.2 Å². The lowest BCUT2D eigenvalue weighted by Crippen LogP contribution is -2.58. The van der Waals surface area contributed by atoms with Crippen LogP contribution >= 0.6 is 12.2 Å². The summed E-state index contributed by atoms with van der Waals surface area (Å²) in [6.45, 7) is 14.4. The van der Waals surface area contributed by atoms with Crippen LogP contribution in [0.25, 0.3) is 0 Å². The molecular formula is C44H50F3N7O5S. The van der Waals surface area contributed by atoms with Crippen LogP contribution in [0.3, 0.4) is 0 Å². The van der Waals surface area contributed by atoms with E-state index in [2.05, 4.69) is 33.9 Å². The second-order valence-corrected chi connectivity index (χ2v) is 17.1. The van der Waals surface area contributed by atoms with Crippen molar-refractivity contribution < 1.29 is 37.1 Å². The molecular weight excluding hydrogens is 796 g/mol. The largest absolute Gasteiger partial charge is 0.492 e. The normalized spacial score (nSPS) is 21.4. The summed E-state index contributed by atoms with van der Waals surface area (Å²) in [6, 6.07) is 15.7. The van der Waals surface area contributed by atoms with Crippen molar-refractivity contribution in [3.63, 3.8) is 0 Å². The zero-order valence-electron chi connectivity index (χ0n) is 34.6. The number of benzene rings is 2. The fraction of sp³-hybridized carbons (Fsp3) is 0.477. The number of amides is 3. The van der Waals surface area contributed by atoms with E-state index in [1.165, 1.54) is 6.07 Å². The maximum atomic E-state index is 13.8. The quantitative estimate of drug-likeness (QED) is 0.156. The number of Topliss-reactive ketones (excluding diaryl/α,β-unsaturated/α-hetero) is 1. The predicted molar refractivity (Wildman–Crippen MR) is 223 cm³/mol. The van der Waals surface area contributed by atoms with Gasteiger partial charge in [-0.05, 0) is 99.6 Å². The summed E-state index contributed by atoms with van der Waals surface area (Å²) in [6.07, 6.45) is -2.13. The predicted octanol–water partition coefficient (Wildman–Crippen LogP) is 6.19. The summed E-state index contributed by atoms with van der Waals surface area (Å²) in [5.41, 5.74) is -0.178. The van der Waals surface area contributed by atoms with Crippen LogP contribution in [0.15, 0.2) is 54.7 Å². The Morgan fingerprint density at radius 1 is 1.03 bits per heavy atom. The van der Waals surface area contributed by atoms with Crippen LogP contribution in [0.5, 0.6) is 5.75 Å². The van der Waals surface area contributed by atoms with Gasteiger partial charge in [-0.3, -0.25) is 39.2 Å². The van der Waals surface area contributed by atoms with E-state index in [0.717, 1.165) is 40.4 Å². The minimum Gasteiger partial charge on any atom is -0.492 e. The first-order valence-corrected chi connectivity index (χ1v) is 20.5. The minimum absolute atomic E-state index is 0.0101. The molecule has 0 aliphatic carbocycles. The number of aromatic nitrogens is 1. The number of ether oxygens (including phenoxy) is 1. The van der Waals surface area contributed by atoms with E-state index in [-0.39, 0.29) is 52.3 Å². The van der Waals surface area contributed by atoms with Crippen molar-refractivity contribution in [2.45, 2.75) is 96.9 Å². The van der Waals surface area contributed by atoms with E-state index in [4.69, 9.17) is 17.0 Å². The highest BCUT2D eigenvalue weighted by Gasteiger charge is 2.51. The monoisotopic (exact) mass is 845 g/mol. The first-order valence-electron chi connectivity index (χ1n) is 20.1. The molecule has 60 heavy (non-hydrogen) atoms. The number of rotatable bonds is 13. The molecule has 3 atom stereocenters. The Morgan fingerprint density at radius 2 is 1.73 bits per heavy atom. The lowest BCUT2D eigenvalue weighted by molar-refractivity contribution is -0.138. The summed E-state index contributed by atoms with van der Waals surface area (Å²) in [7, 11) is 0. The van der Waals surface area contributed by atoms with Gasteiger partial charge in [0.2, 0.25) is 11.8 Å². The summed E-state index contributed by atoms with van der Waals surface area (Å²) >= 11 is 5.73. The molecule has 16 heteroatoms. The highest BCUT2D eigenvalue weighted by molar-refractivity contribution is 7.81. The number of hydrogen-bond acceptors (Lipinski definition) is 10. The molecule has 6 rings (SSSR count). The number of piperazine rings is 1. The van der Waals surface area contributed by atoms with Gasteiger partial charge in [-0.25, -0.2) is 4.98 Å². The number of pyridine rings is 1. The number of nitriles is 1. The molecule has 3 aromatic rings. The highest BCUT2D eigenvalue weighted by Crippen LogP contribution is 2.41. The Balaban J connectivity index is 1.05. The fourth-order valence-electron chi connectivity index (χ4n) is 8.26. The third kappa shape index (κ3) is 9.53. The first-order chi connectivity index (χ1) is 28.3. The number of carbonyl (C=O) groups is 4. The first kappa shape index (κ1) is 44.3. The van der Waals surface area contributed by atoms with E-state index >= 15 is 0 Å². The number of nitrogens with one attached hydrogen (secondary N) is 1. The van der Waals surface area contributed by atoms with Crippen molar-refractivity contribution in [3.05, 3.63) is 82.7 Å². The van der Waals surface area contributed by atoms with Crippen LogP contribution < -0.4 is 19.9 Å². The molecule has 1 N–H and O–H groups in total. The van der Waals surface area contributed by atoms with Gasteiger partial charge in [-0.15, -0.1) is 0 Å². The summed E-state index contributed by atoms with van der Waals surface area (Å²) in [5.74, 6) is -0.480. The van der Waals surface area contributed by atoms with Crippen LogP contribution in [-0.4, -0.2) is 93.8 Å². The van der Waals surface area contributed by atoms with Crippen molar-refractivity contribution >= 4 is 52.2 Å². The maximum absolute atomic E-state index is 13.8. The maximum Gasteiger partial charge on any atom is 0.419 e. The molecule has 1 aromatic heterocycles.